The minimum absolute atomic E-state index is 0.0329. The maximum Gasteiger partial charge on any atom is 0.303 e. The number of nitrogens with zero attached hydrogens (tertiary/aromatic N) is 1. The van der Waals surface area contributed by atoms with Crippen molar-refractivity contribution in [3.63, 3.8) is 0 Å². The van der Waals surface area contributed by atoms with Gasteiger partial charge >= 0.3 is 5.97 Å². The number of amides is 1. The predicted molar refractivity (Wildman–Crippen MR) is 122 cm³/mol. The van der Waals surface area contributed by atoms with Crippen LogP contribution < -0.4 is 0 Å². The second-order valence-electron chi connectivity index (χ2n) is 8.53. The van der Waals surface area contributed by atoms with Crippen LogP contribution in [0.1, 0.15) is 68.2 Å². The number of carboxylic acid groups (broad SMARTS) is 1. The zero-order chi connectivity index (χ0) is 24.1. The van der Waals surface area contributed by atoms with Gasteiger partial charge in [-0.05, 0) is 54.2 Å². The largest absolute Gasteiger partial charge is 0.507 e. The molecule has 0 bridgehead atoms. The number of aliphatic hydroxyl groups is 1. The van der Waals surface area contributed by atoms with Crippen LogP contribution in [0.4, 0.5) is 4.39 Å². The number of unbranched alkanes of at least 4 members (excludes halogenated alkanes) is 2. The molecule has 3 rings (SSSR count). The molecule has 1 atom stereocenters. The van der Waals surface area contributed by atoms with Crippen molar-refractivity contribution in [2.45, 2.75) is 51.5 Å². The molecule has 1 fully saturated rings. The zero-order valence-corrected chi connectivity index (χ0v) is 18.8. The van der Waals surface area contributed by atoms with E-state index in [2.05, 4.69) is 13.8 Å². The number of carboxylic acids is 1. The Balaban J connectivity index is 1.98. The van der Waals surface area contributed by atoms with Crippen molar-refractivity contribution in [3.05, 3.63) is 76.6 Å². The van der Waals surface area contributed by atoms with Crippen LogP contribution in [-0.2, 0) is 14.4 Å². The number of Topliss-reactive ketones (excluding diaryl/α,β-unsaturated/α-hetero) is 1. The summed E-state index contributed by atoms with van der Waals surface area (Å²) in [4.78, 5) is 38.1. The Morgan fingerprint density at radius 2 is 1.61 bits per heavy atom. The lowest BCUT2D eigenvalue weighted by molar-refractivity contribution is -0.140. The van der Waals surface area contributed by atoms with Gasteiger partial charge in [-0.3, -0.25) is 14.4 Å². The fourth-order valence-corrected chi connectivity index (χ4v) is 4.02. The first kappa shape index (κ1) is 24.2. The summed E-state index contributed by atoms with van der Waals surface area (Å²) in [6.45, 7) is 4.38. The Bertz CT molecular complexity index is 1060. The van der Waals surface area contributed by atoms with Gasteiger partial charge in [0.2, 0.25) is 0 Å². The van der Waals surface area contributed by atoms with Gasteiger partial charge in [-0.1, -0.05) is 44.5 Å². The van der Waals surface area contributed by atoms with E-state index in [1.807, 2.05) is 24.3 Å². The van der Waals surface area contributed by atoms with E-state index < -0.39 is 29.5 Å². The molecule has 0 spiro atoms. The van der Waals surface area contributed by atoms with Gasteiger partial charge in [0.05, 0.1) is 11.6 Å². The molecule has 1 amide bonds. The normalized spacial score (nSPS) is 17.7. The van der Waals surface area contributed by atoms with E-state index in [9.17, 15) is 23.9 Å². The van der Waals surface area contributed by atoms with E-state index in [0.29, 0.717) is 30.7 Å². The van der Waals surface area contributed by atoms with Gasteiger partial charge < -0.3 is 15.1 Å². The van der Waals surface area contributed by atoms with Crippen LogP contribution in [0.2, 0.25) is 0 Å². The number of hydrogen-bond acceptors (Lipinski definition) is 4. The summed E-state index contributed by atoms with van der Waals surface area (Å²) < 4.78 is 13.4. The molecule has 0 radical (unpaired) electrons. The highest BCUT2D eigenvalue weighted by Gasteiger charge is 2.45. The highest BCUT2D eigenvalue weighted by molar-refractivity contribution is 6.46. The van der Waals surface area contributed by atoms with Crippen molar-refractivity contribution in [2.24, 2.45) is 0 Å². The maximum atomic E-state index is 13.4. The van der Waals surface area contributed by atoms with Crippen molar-refractivity contribution >= 4 is 23.4 Å². The first-order chi connectivity index (χ1) is 15.7. The minimum Gasteiger partial charge on any atom is -0.507 e. The third-order valence-electron chi connectivity index (χ3n) is 5.87. The van der Waals surface area contributed by atoms with E-state index >= 15 is 0 Å². The first-order valence-electron chi connectivity index (χ1n) is 11.1. The third-order valence-corrected chi connectivity index (χ3v) is 5.87. The Kier molecular flexibility index (Phi) is 7.63. The highest BCUT2D eigenvalue weighted by atomic mass is 19.1. The summed E-state index contributed by atoms with van der Waals surface area (Å²) in [5.41, 5.74) is 2.00. The molecule has 174 valence electrons. The summed E-state index contributed by atoms with van der Waals surface area (Å²) in [6.07, 6.45) is 1.63. The minimum atomic E-state index is -0.875. The van der Waals surface area contributed by atoms with Gasteiger partial charge in [0.1, 0.15) is 11.6 Å². The molecule has 2 N–H and O–H groups in total. The SMILES string of the molecule is CC(C)c1ccc(C2/C(=C(/O)c3ccc(F)cc3)C(=O)C(=O)N2CCCCCC(=O)O)cc1. The second-order valence-corrected chi connectivity index (χ2v) is 8.53. The van der Waals surface area contributed by atoms with Crippen molar-refractivity contribution in [1.82, 2.24) is 4.90 Å². The third kappa shape index (κ3) is 5.48. The number of aliphatic carboxylic acids is 1. The lowest BCUT2D eigenvalue weighted by atomic mass is 9.93. The molecule has 2 aromatic rings. The van der Waals surface area contributed by atoms with Crippen LogP contribution in [-0.4, -0.2) is 39.3 Å². The molecule has 0 saturated carbocycles. The smallest absolute Gasteiger partial charge is 0.303 e. The molecule has 6 nitrogen and oxygen atoms in total. The zero-order valence-electron chi connectivity index (χ0n) is 18.8. The number of carbonyl (C=O) groups is 3. The van der Waals surface area contributed by atoms with Crippen molar-refractivity contribution in [2.75, 3.05) is 6.54 Å². The average molecular weight is 454 g/mol. The van der Waals surface area contributed by atoms with Gasteiger partial charge in [0.15, 0.2) is 0 Å². The summed E-state index contributed by atoms with van der Waals surface area (Å²) in [7, 11) is 0. The Morgan fingerprint density at radius 3 is 2.18 bits per heavy atom. The van der Waals surface area contributed by atoms with Crippen molar-refractivity contribution in [3.8, 4) is 0 Å². The van der Waals surface area contributed by atoms with Gasteiger partial charge in [-0.2, -0.15) is 0 Å². The van der Waals surface area contributed by atoms with Gasteiger partial charge in [-0.15, -0.1) is 0 Å². The molecule has 1 unspecified atom stereocenters. The standard InChI is InChI=1S/C26H28FNO5/c1-16(2)17-7-9-18(10-8-17)23-22(24(31)19-11-13-20(27)14-12-19)25(32)26(33)28(23)15-5-3-4-6-21(29)30/h7-14,16,23,31H,3-6,15H2,1-2H3,(H,29,30)/b24-22-. The molecule has 7 heteroatoms. The van der Waals surface area contributed by atoms with Crippen LogP contribution in [0.3, 0.4) is 0 Å². The Labute approximate surface area is 192 Å². The lowest BCUT2D eigenvalue weighted by Crippen LogP contribution is -2.30. The van der Waals surface area contributed by atoms with E-state index in [-0.39, 0.29) is 29.9 Å². The highest BCUT2D eigenvalue weighted by Crippen LogP contribution is 2.40. The number of likely N-dealkylation sites (tertiary alicyclic amines) is 1. The van der Waals surface area contributed by atoms with Crippen LogP contribution >= 0.6 is 0 Å². The molecule has 2 aromatic carbocycles. The number of aliphatic hydroxyl groups excluding tert-OH is 1. The summed E-state index contributed by atoms with van der Waals surface area (Å²) >= 11 is 0. The van der Waals surface area contributed by atoms with E-state index in [4.69, 9.17) is 5.11 Å². The van der Waals surface area contributed by atoms with Crippen molar-refractivity contribution in [1.29, 1.82) is 0 Å². The van der Waals surface area contributed by atoms with Gasteiger partial charge in [0, 0.05) is 18.5 Å². The lowest BCUT2D eigenvalue weighted by Gasteiger charge is -2.25. The number of rotatable bonds is 9. The topological polar surface area (TPSA) is 94.9 Å². The van der Waals surface area contributed by atoms with Crippen molar-refractivity contribution < 1.29 is 29.0 Å². The summed E-state index contributed by atoms with van der Waals surface area (Å²) in [5.74, 6) is -2.90. The summed E-state index contributed by atoms with van der Waals surface area (Å²) in [5, 5.41) is 19.8. The van der Waals surface area contributed by atoms with Gasteiger partial charge in [-0.25, -0.2) is 4.39 Å². The predicted octanol–water partition coefficient (Wildman–Crippen LogP) is 5.02. The number of carbonyl (C=O) groups excluding carboxylic acids is 2. The van der Waals surface area contributed by atoms with Crippen LogP contribution in [0.5, 0.6) is 0 Å². The molecule has 1 saturated heterocycles. The van der Waals surface area contributed by atoms with Crippen LogP contribution in [0, 0.1) is 5.82 Å². The van der Waals surface area contributed by atoms with E-state index in [0.717, 1.165) is 5.56 Å². The molecule has 1 aliphatic rings. The molecule has 0 aliphatic carbocycles. The quantitative estimate of drug-likeness (QED) is 0.241. The molecule has 0 aromatic heterocycles. The number of hydrogen-bond donors (Lipinski definition) is 2. The molecule has 1 aliphatic heterocycles. The monoisotopic (exact) mass is 453 g/mol. The number of halogens is 1. The second kappa shape index (κ2) is 10.4. The number of benzene rings is 2. The van der Waals surface area contributed by atoms with Gasteiger partial charge in [0.25, 0.3) is 11.7 Å². The first-order valence-corrected chi connectivity index (χ1v) is 11.1. The van der Waals surface area contributed by atoms with E-state index in [1.165, 1.54) is 29.2 Å². The summed E-state index contributed by atoms with van der Waals surface area (Å²) in [6, 6.07) is 11.9. The average Bonchev–Trinajstić information content (AvgIpc) is 3.03. The molecule has 33 heavy (non-hydrogen) atoms. The Hall–Kier alpha value is -3.48. The fraction of sp³-hybridized carbons (Fsp3) is 0.346. The molecule has 1 heterocycles. The fourth-order valence-electron chi connectivity index (χ4n) is 4.02. The van der Waals surface area contributed by atoms with E-state index in [1.54, 1.807) is 0 Å². The van der Waals surface area contributed by atoms with Crippen LogP contribution in [0.25, 0.3) is 5.76 Å². The maximum absolute atomic E-state index is 13.4. The molecular formula is C26H28FNO5. The Morgan fingerprint density at radius 1 is 0.970 bits per heavy atom. The molecular weight excluding hydrogens is 425 g/mol. The van der Waals surface area contributed by atoms with Crippen LogP contribution in [0.15, 0.2) is 54.1 Å². The number of ketones is 1.